The number of halogens is 1. The van der Waals surface area contributed by atoms with Gasteiger partial charge in [-0.2, -0.15) is 0 Å². The zero-order valence-corrected chi connectivity index (χ0v) is 27.2. The highest BCUT2D eigenvalue weighted by Crippen LogP contribution is 2.41. The molecule has 1 aromatic carbocycles. The van der Waals surface area contributed by atoms with Crippen LogP contribution in [0.25, 0.3) is 21.3 Å². The second-order valence-corrected chi connectivity index (χ2v) is 13.9. The minimum atomic E-state index is -1.01. The molecule has 2 aliphatic heterocycles. The molecule has 7 rings (SSSR count). The maximum atomic E-state index is 13.8. The number of ether oxygens (including phenoxy) is 2. The van der Waals surface area contributed by atoms with E-state index in [1.54, 1.807) is 16.0 Å². The van der Waals surface area contributed by atoms with Gasteiger partial charge in [-0.1, -0.05) is 11.6 Å². The lowest BCUT2D eigenvalue weighted by Crippen LogP contribution is -2.50. The molecule has 2 fully saturated rings. The average molecular weight is 649 g/mol. The van der Waals surface area contributed by atoms with Gasteiger partial charge >= 0.3 is 5.97 Å². The number of thiophene rings is 1. The molecule has 2 saturated heterocycles. The molecule has 45 heavy (non-hydrogen) atoms. The summed E-state index contributed by atoms with van der Waals surface area (Å²) in [5.74, 6) is 0.283. The molecule has 3 aromatic heterocycles. The standard InChI is InChI=1S/C34H37ClN4O5S/c1-20-16-25(31-30(36-20)27(19-45-31)33(41)42)24-17-22(35)4-7-29(24)43-15-13-39-21(2)37-28-6-5-23(18-26(28)32(39)40)38-11-9-34(10-12-38)8-3-14-44-34/h4,7,16-17,19,23H,3,5-6,8-15,18H2,1-2H3,(H,41,42)/t23-/m1/s1. The number of fused-ring (bicyclic) bond motifs is 2. The molecule has 1 atom stereocenters. The number of carboxylic acids is 1. The highest BCUT2D eigenvalue weighted by atomic mass is 35.5. The predicted molar refractivity (Wildman–Crippen MR) is 175 cm³/mol. The molecule has 0 amide bonds. The fourth-order valence-corrected chi connectivity index (χ4v) is 8.59. The van der Waals surface area contributed by atoms with E-state index in [2.05, 4.69) is 9.88 Å². The van der Waals surface area contributed by atoms with E-state index in [1.807, 2.05) is 32.0 Å². The smallest absolute Gasteiger partial charge is 0.338 e. The van der Waals surface area contributed by atoms with Crippen LogP contribution in [-0.4, -0.2) is 68.5 Å². The van der Waals surface area contributed by atoms with Gasteiger partial charge in [0.05, 0.1) is 33.6 Å². The van der Waals surface area contributed by atoms with Gasteiger partial charge in [0.2, 0.25) is 0 Å². The van der Waals surface area contributed by atoms with Crippen LogP contribution in [0.1, 0.15) is 65.2 Å². The second-order valence-electron chi connectivity index (χ2n) is 12.5. The van der Waals surface area contributed by atoms with Gasteiger partial charge in [-0.25, -0.2) is 9.78 Å². The lowest BCUT2D eigenvalue weighted by Gasteiger charge is -2.43. The van der Waals surface area contributed by atoms with E-state index in [-0.39, 0.29) is 23.3 Å². The van der Waals surface area contributed by atoms with Crippen molar-refractivity contribution in [2.24, 2.45) is 0 Å². The predicted octanol–water partition coefficient (Wildman–Crippen LogP) is 6.07. The average Bonchev–Trinajstić information content (AvgIpc) is 3.67. The molecule has 3 aliphatic rings. The normalized spacial score (nSPS) is 19.7. The van der Waals surface area contributed by atoms with E-state index in [1.165, 1.54) is 24.2 Å². The minimum Gasteiger partial charge on any atom is -0.491 e. The van der Waals surface area contributed by atoms with Crippen molar-refractivity contribution in [2.75, 3.05) is 26.3 Å². The number of hydrogen-bond donors (Lipinski definition) is 1. The molecule has 1 N–H and O–H groups in total. The summed E-state index contributed by atoms with van der Waals surface area (Å²) in [6.07, 6.45) is 7.08. The van der Waals surface area contributed by atoms with Crippen LogP contribution in [0.15, 0.2) is 34.4 Å². The maximum absolute atomic E-state index is 13.8. The quantitative estimate of drug-likeness (QED) is 0.257. The number of piperidine rings is 1. The van der Waals surface area contributed by atoms with Gasteiger partial charge in [0, 0.05) is 58.5 Å². The van der Waals surface area contributed by atoms with Gasteiger partial charge < -0.3 is 14.6 Å². The molecule has 11 heteroatoms. The molecule has 4 aromatic rings. The SMILES string of the molecule is Cc1cc(-c2cc(Cl)ccc2OCCn2c(C)nc3c(c2=O)C[C@H](N2CCC4(CCCO4)CC2)CC3)c2scc(C(=O)O)c2n1. The van der Waals surface area contributed by atoms with Gasteiger partial charge in [-0.05, 0) is 83.1 Å². The highest BCUT2D eigenvalue weighted by molar-refractivity contribution is 7.18. The Morgan fingerprint density at radius 2 is 2.00 bits per heavy atom. The molecule has 0 radical (unpaired) electrons. The molecular weight excluding hydrogens is 612 g/mol. The molecule has 1 aliphatic carbocycles. The van der Waals surface area contributed by atoms with Crippen molar-refractivity contribution in [3.05, 3.63) is 73.4 Å². The van der Waals surface area contributed by atoms with Crippen LogP contribution in [0.2, 0.25) is 5.02 Å². The number of carbonyl (C=O) groups is 1. The maximum Gasteiger partial charge on any atom is 0.338 e. The third kappa shape index (κ3) is 5.78. The Morgan fingerprint density at radius 3 is 2.76 bits per heavy atom. The Bertz CT molecular complexity index is 1840. The zero-order valence-electron chi connectivity index (χ0n) is 25.6. The van der Waals surface area contributed by atoms with Crippen LogP contribution in [0.3, 0.4) is 0 Å². The molecule has 5 heterocycles. The number of benzene rings is 1. The molecule has 0 bridgehead atoms. The van der Waals surface area contributed by atoms with E-state index in [0.29, 0.717) is 40.4 Å². The van der Waals surface area contributed by atoms with Crippen molar-refractivity contribution in [3.63, 3.8) is 0 Å². The number of likely N-dealkylation sites (tertiary alicyclic amines) is 1. The van der Waals surface area contributed by atoms with Gasteiger partial charge in [-0.15, -0.1) is 11.3 Å². The first kappa shape index (κ1) is 30.3. The van der Waals surface area contributed by atoms with Crippen LogP contribution in [0.5, 0.6) is 5.75 Å². The van der Waals surface area contributed by atoms with E-state index in [9.17, 15) is 14.7 Å². The third-order valence-corrected chi connectivity index (χ3v) is 11.0. The minimum absolute atomic E-state index is 0.0287. The van der Waals surface area contributed by atoms with Crippen LogP contribution in [0, 0.1) is 13.8 Å². The van der Waals surface area contributed by atoms with Crippen molar-refractivity contribution in [1.29, 1.82) is 0 Å². The Labute approximate surface area is 270 Å². The Morgan fingerprint density at radius 1 is 1.18 bits per heavy atom. The lowest BCUT2D eigenvalue weighted by atomic mass is 9.85. The molecular formula is C34H37ClN4O5S. The molecule has 236 valence electrons. The first-order valence-corrected chi connectivity index (χ1v) is 17.0. The summed E-state index contributed by atoms with van der Waals surface area (Å²) in [7, 11) is 0. The summed E-state index contributed by atoms with van der Waals surface area (Å²) >= 11 is 7.76. The molecule has 0 unspecified atom stereocenters. The van der Waals surface area contributed by atoms with Crippen LogP contribution >= 0.6 is 22.9 Å². The number of carboxylic acid groups (broad SMARTS) is 1. The third-order valence-electron chi connectivity index (χ3n) is 9.79. The van der Waals surface area contributed by atoms with Gasteiger partial charge in [0.15, 0.2) is 0 Å². The fraction of sp³-hybridized carbons (Fsp3) is 0.471. The monoisotopic (exact) mass is 648 g/mol. The van der Waals surface area contributed by atoms with Crippen molar-refractivity contribution >= 4 is 39.1 Å². The van der Waals surface area contributed by atoms with Gasteiger partial charge in [0.1, 0.15) is 18.2 Å². The number of rotatable bonds is 7. The molecule has 1 spiro atoms. The van der Waals surface area contributed by atoms with Crippen LogP contribution < -0.4 is 10.3 Å². The number of aryl methyl sites for hydroxylation is 3. The number of hydrogen-bond acceptors (Lipinski definition) is 8. The van der Waals surface area contributed by atoms with Crippen molar-refractivity contribution < 1.29 is 19.4 Å². The Kier molecular flexibility index (Phi) is 8.18. The van der Waals surface area contributed by atoms with Gasteiger partial charge in [-0.3, -0.25) is 19.2 Å². The first-order valence-electron chi connectivity index (χ1n) is 15.7. The molecule has 9 nitrogen and oxygen atoms in total. The number of aromatic nitrogens is 3. The summed E-state index contributed by atoms with van der Waals surface area (Å²) in [6.45, 7) is 7.28. The number of pyridine rings is 1. The van der Waals surface area contributed by atoms with Crippen LogP contribution in [-0.2, 0) is 24.1 Å². The number of aromatic carboxylic acids is 1. The van der Waals surface area contributed by atoms with E-state index >= 15 is 0 Å². The van der Waals surface area contributed by atoms with E-state index < -0.39 is 5.97 Å². The summed E-state index contributed by atoms with van der Waals surface area (Å²) in [5, 5.41) is 11.8. The van der Waals surface area contributed by atoms with Crippen molar-refractivity contribution in [3.8, 4) is 16.9 Å². The van der Waals surface area contributed by atoms with Crippen LogP contribution in [0.4, 0.5) is 0 Å². The Balaban J connectivity index is 1.09. The lowest BCUT2D eigenvalue weighted by molar-refractivity contribution is -0.0518. The molecule has 0 saturated carbocycles. The van der Waals surface area contributed by atoms with E-state index in [4.69, 9.17) is 26.1 Å². The number of nitrogens with zero attached hydrogens (tertiary/aromatic N) is 4. The summed E-state index contributed by atoms with van der Waals surface area (Å²) < 4.78 is 14.9. The van der Waals surface area contributed by atoms with Gasteiger partial charge in [0.25, 0.3) is 5.56 Å². The summed E-state index contributed by atoms with van der Waals surface area (Å²) in [4.78, 5) is 37.6. The highest BCUT2D eigenvalue weighted by Gasteiger charge is 2.40. The first-order chi connectivity index (χ1) is 21.7. The summed E-state index contributed by atoms with van der Waals surface area (Å²) in [5.41, 5.74) is 4.77. The fourth-order valence-electron chi connectivity index (χ4n) is 7.40. The Hall–Kier alpha value is -3.31. The zero-order chi connectivity index (χ0) is 31.3. The summed E-state index contributed by atoms with van der Waals surface area (Å²) in [6, 6.07) is 7.68. The largest absolute Gasteiger partial charge is 0.491 e. The van der Waals surface area contributed by atoms with Crippen molar-refractivity contribution in [1.82, 2.24) is 19.4 Å². The second kappa shape index (κ2) is 12.1. The van der Waals surface area contributed by atoms with E-state index in [0.717, 1.165) is 78.9 Å². The topological polar surface area (TPSA) is 107 Å². The van der Waals surface area contributed by atoms with Crippen molar-refractivity contribution in [2.45, 2.75) is 77.0 Å².